The van der Waals surface area contributed by atoms with Crippen LogP contribution in [0.25, 0.3) is 5.69 Å². The molecule has 0 saturated heterocycles. The minimum absolute atomic E-state index is 0.0363. The Balaban J connectivity index is 2.29. The fourth-order valence-electron chi connectivity index (χ4n) is 3.21. The minimum Gasteiger partial charge on any atom is -0.288 e. The molecule has 0 amide bonds. The summed E-state index contributed by atoms with van der Waals surface area (Å²) in [6.45, 7) is 0. The normalized spacial score (nSPS) is 12.9. The molecule has 1 N–H and O–H groups in total. The molecule has 0 saturated carbocycles. The zero-order valence-corrected chi connectivity index (χ0v) is 17.7. The van der Waals surface area contributed by atoms with Crippen molar-refractivity contribution < 1.29 is 57.5 Å². The van der Waals surface area contributed by atoms with Gasteiger partial charge in [-0.2, -0.15) is 57.9 Å². The van der Waals surface area contributed by atoms with Crippen LogP contribution in [-0.2, 0) is 24.7 Å². The average Bonchev–Trinajstić information content (AvgIpc) is 3.11. The van der Waals surface area contributed by atoms with E-state index in [0.29, 0.717) is 0 Å². The van der Waals surface area contributed by atoms with Gasteiger partial charge in [0.15, 0.2) is 0 Å². The summed E-state index contributed by atoms with van der Waals surface area (Å²) in [5, 5.41) is 11.0. The number of benzene rings is 2. The van der Waals surface area contributed by atoms with Crippen LogP contribution in [0.4, 0.5) is 52.7 Å². The fourth-order valence-corrected chi connectivity index (χ4v) is 3.21. The van der Waals surface area contributed by atoms with E-state index in [0.717, 1.165) is 0 Å². The Morgan fingerprint density at radius 1 is 0.684 bits per heavy atom. The van der Waals surface area contributed by atoms with Crippen LogP contribution in [0.3, 0.4) is 0 Å². The van der Waals surface area contributed by atoms with Crippen molar-refractivity contribution in [3.8, 4) is 11.8 Å². The number of nitriles is 1. The van der Waals surface area contributed by atoms with E-state index in [1.807, 2.05) is 0 Å². The van der Waals surface area contributed by atoms with Crippen molar-refractivity contribution in [2.45, 2.75) is 24.7 Å². The second-order valence-electron chi connectivity index (χ2n) is 7.50. The summed E-state index contributed by atoms with van der Waals surface area (Å²) in [5.41, 5.74) is -14.7. The van der Waals surface area contributed by atoms with Crippen molar-refractivity contribution in [1.29, 1.82) is 5.26 Å². The van der Waals surface area contributed by atoms with Gasteiger partial charge in [-0.3, -0.25) is 14.7 Å². The van der Waals surface area contributed by atoms with E-state index in [4.69, 9.17) is 0 Å². The molecule has 38 heavy (non-hydrogen) atoms. The minimum atomic E-state index is -5.40. The fraction of sp³-hybridized carbons (Fsp3) is 0.190. The molecule has 0 radical (unpaired) electrons. The quantitative estimate of drug-likeness (QED) is 0.300. The first-order chi connectivity index (χ1) is 17.1. The predicted molar refractivity (Wildman–Crippen MR) is 101 cm³/mol. The Morgan fingerprint density at radius 3 is 1.39 bits per heavy atom. The number of H-pyrrole nitrogens is 1. The van der Waals surface area contributed by atoms with E-state index in [-0.39, 0.29) is 41.1 Å². The lowest BCUT2D eigenvalue weighted by atomic mass is 9.98. The first kappa shape index (κ1) is 28.3. The summed E-state index contributed by atoms with van der Waals surface area (Å²) in [6.07, 6.45) is -21.5. The highest BCUT2D eigenvalue weighted by atomic mass is 19.4. The van der Waals surface area contributed by atoms with Crippen LogP contribution in [0, 0.1) is 11.3 Å². The van der Waals surface area contributed by atoms with Gasteiger partial charge >= 0.3 is 24.7 Å². The first-order valence-corrected chi connectivity index (χ1v) is 9.53. The maximum absolute atomic E-state index is 13.2. The maximum Gasteiger partial charge on any atom is 0.416 e. The van der Waals surface area contributed by atoms with E-state index >= 15 is 0 Å². The highest BCUT2D eigenvalue weighted by Gasteiger charge is 2.39. The monoisotopic (exact) mass is 561 g/mol. The predicted octanol–water partition coefficient (Wildman–Crippen LogP) is 6.34. The van der Waals surface area contributed by atoms with Crippen LogP contribution in [0.2, 0.25) is 0 Å². The van der Waals surface area contributed by atoms with E-state index in [2.05, 4.69) is 0 Å². The Bertz CT molecular complexity index is 1450. The van der Waals surface area contributed by atoms with Crippen molar-refractivity contribution in [3.63, 3.8) is 0 Å². The molecule has 0 spiro atoms. The molecule has 3 rings (SSSR count). The number of halogens is 12. The third-order valence-electron chi connectivity index (χ3n) is 4.91. The van der Waals surface area contributed by atoms with Gasteiger partial charge in [-0.1, -0.05) is 0 Å². The Hall–Kier alpha value is -4.23. The summed E-state index contributed by atoms with van der Waals surface area (Å²) in [4.78, 5) is 25.6. The molecular weight excluding hydrogens is 554 g/mol. The number of alkyl halides is 12. The summed E-state index contributed by atoms with van der Waals surface area (Å²) in [6, 6.07) is 0.477. The second kappa shape index (κ2) is 8.96. The summed E-state index contributed by atoms with van der Waals surface area (Å²) >= 11 is 0. The van der Waals surface area contributed by atoms with Crippen molar-refractivity contribution in [3.05, 3.63) is 85.8 Å². The third-order valence-corrected chi connectivity index (χ3v) is 4.91. The van der Waals surface area contributed by atoms with Crippen LogP contribution < -0.4 is 5.56 Å². The lowest BCUT2D eigenvalue weighted by Gasteiger charge is -2.14. The van der Waals surface area contributed by atoms with Gasteiger partial charge in [0.05, 0.1) is 27.9 Å². The number of hydrogen-bond acceptors (Lipinski definition) is 3. The molecule has 0 aliphatic rings. The van der Waals surface area contributed by atoms with Crippen molar-refractivity contribution >= 4 is 5.78 Å². The smallest absolute Gasteiger partial charge is 0.288 e. The SMILES string of the molecule is N#Cc1[nH]n(-c2cc(C(F)(F)F)cc(C(F)(F)F)c2)c(=O)c1C(=O)c1cc(C(F)(F)F)cc(C(F)(F)F)c1. The molecule has 17 heteroatoms. The molecule has 0 atom stereocenters. The lowest BCUT2D eigenvalue weighted by Crippen LogP contribution is -2.23. The molecular formula is C21H7F12N3O2. The number of hydrogen-bond donors (Lipinski definition) is 1. The summed E-state index contributed by atoms with van der Waals surface area (Å²) in [7, 11) is 0. The van der Waals surface area contributed by atoms with E-state index in [1.54, 1.807) is 5.10 Å². The number of aromatic nitrogens is 2. The first-order valence-electron chi connectivity index (χ1n) is 9.53. The van der Waals surface area contributed by atoms with E-state index < -0.39 is 80.8 Å². The molecule has 0 aliphatic carbocycles. The van der Waals surface area contributed by atoms with Gasteiger partial charge in [-0.15, -0.1) is 0 Å². The standard InChI is InChI=1S/C21H7F12N3O2/c22-18(23,24)9-1-8(2-10(3-9)19(25,26)27)16(37)15-14(7-34)35-36(17(15)38)13-5-11(20(28,29)30)4-12(6-13)21(31,32)33/h1-6,35H. The number of nitrogens with zero attached hydrogens (tertiary/aromatic N) is 2. The molecule has 0 bridgehead atoms. The van der Waals surface area contributed by atoms with Crippen molar-refractivity contribution in [2.75, 3.05) is 0 Å². The van der Waals surface area contributed by atoms with Crippen LogP contribution in [0.5, 0.6) is 0 Å². The molecule has 0 aliphatic heterocycles. The van der Waals surface area contributed by atoms with Gasteiger partial charge in [-0.05, 0) is 36.4 Å². The zero-order valence-electron chi connectivity index (χ0n) is 17.7. The Morgan fingerprint density at radius 2 is 1.05 bits per heavy atom. The van der Waals surface area contributed by atoms with Gasteiger partial charge in [0.25, 0.3) is 5.56 Å². The van der Waals surface area contributed by atoms with Crippen molar-refractivity contribution in [2.24, 2.45) is 0 Å². The van der Waals surface area contributed by atoms with Gasteiger partial charge in [0.1, 0.15) is 17.3 Å². The highest BCUT2D eigenvalue weighted by molar-refractivity contribution is 6.10. The average molecular weight is 561 g/mol. The second-order valence-corrected chi connectivity index (χ2v) is 7.50. The summed E-state index contributed by atoms with van der Waals surface area (Å²) in [5.74, 6) is -1.89. The highest BCUT2D eigenvalue weighted by Crippen LogP contribution is 2.38. The van der Waals surface area contributed by atoms with Crippen LogP contribution in [0.15, 0.2) is 41.2 Å². The molecule has 2 aromatic carbocycles. The molecule has 1 aromatic heterocycles. The number of aromatic amines is 1. The molecule has 0 fully saturated rings. The maximum atomic E-state index is 13.2. The van der Waals surface area contributed by atoms with Crippen LogP contribution >= 0.6 is 0 Å². The number of nitrogens with one attached hydrogen (secondary N) is 1. The molecule has 0 unspecified atom stereocenters. The zero-order chi connectivity index (χ0) is 29.0. The van der Waals surface area contributed by atoms with E-state index in [9.17, 15) is 67.5 Å². The Labute approximate surface area is 201 Å². The van der Waals surface area contributed by atoms with Gasteiger partial charge < -0.3 is 0 Å². The molecule has 3 aromatic rings. The third kappa shape index (κ3) is 5.53. The topological polar surface area (TPSA) is 78.7 Å². The van der Waals surface area contributed by atoms with Crippen LogP contribution in [0.1, 0.15) is 43.9 Å². The number of rotatable bonds is 3. The van der Waals surface area contributed by atoms with E-state index in [1.165, 1.54) is 6.07 Å². The molecule has 5 nitrogen and oxygen atoms in total. The number of ketones is 1. The van der Waals surface area contributed by atoms with Gasteiger partial charge in [0, 0.05) is 5.56 Å². The van der Waals surface area contributed by atoms with Crippen LogP contribution in [-0.4, -0.2) is 15.6 Å². The Kier molecular flexibility index (Phi) is 6.68. The number of carbonyl (C=O) groups is 1. The largest absolute Gasteiger partial charge is 0.416 e. The lowest BCUT2D eigenvalue weighted by molar-refractivity contribution is -0.144. The number of carbonyl (C=O) groups excluding carboxylic acids is 1. The van der Waals surface area contributed by atoms with Gasteiger partial charge in [-0.25, -0.2) is 4.68 Å². The molecule has 1 heterocycles. The van der Waals surface area contributed by atoms with Crippen molar-refractivity contribution in [1.82, 2.24) is 9.78 Å². The summed E-state index contributed by atoms with van der Waals surface area (Å²) < 4.78 is 158. The van der Waals surface area contributed by atoms with Gasteiger partial charge in [0.2, 0.25) is 5.78 Å². The molecule has 202 valence electrons.